The first-order valence-electron chi connectivity index (χ1n) is 5.19. The van der Waals surface area contributed by atoms with Crippen molar-refractivity contribution < 1.29 is 9.47 Å². The molecule has 1 aromatic carbocycles. The minimum atomic E-state index is -0.564. The maximum atomic E-state index is 6.31. The first kappa shape index (κ1) is 13.3. The van der Waals surface area contributed by atoms with E-state index < -0.39 is 5.54 Å². The molecule has 1 atom stereocenters. The Labute approximate surface area is 101 Å². The van der Waals surface area contributed by atoms with Crippen LogP contribution in [0.2, 0.25) is 5.02 Å². The van der Waals surface area contributed by atoms with Gasteiger partial charge in [0.25, 0.3) is 0 Å². The number of benzene rings is 1. The van der Waals surface area contributed by atoms with E-state index in [1.54, 1.807) is 20.3 Å². The molecule has 2 N–H and O–H groups in total. The SMILES string of the molecule is CCC(N)(COC)c1cc(Cl)ccc1OC. The van der Waals surface area contributed by atoms with Crippen LogP contribution in [0.15, 0.2) is 18.2 Å². The highest BCUT2D eigenvalue weighted by molar-refractivity contribution is 6.30. The van der Waals surface area contributed by atoms with Crippen molar-refractivity contribution in [2.24, 2.45) is 5.73 Å². The zero-order valence-corrected chi connectivity index (χ0v) is 10.7. The van der Waals surface area contributed by atoms with E-state index in [1.807, 2.05) is 19.1 Å². The lowest BCUT2D eigenvalue weighted by Gasteiger charge is -2.29. The number of hydrogen-bond acceptors (Lipinski definition) is 3. The lowest BCUT2D eigenvalue weighted by molar-refractivity contribution is 0.127. The molecule has 0 bridgehead atoms. The van der Waals surface area contributed by atoms with E-state index in [9.17, 15) is 0 Å². The molecular formula is C12H18ClNO2. The van der Waals surface area contributed by atoms with E-state index in [0.29, 0.717) is 11.6 Å². The smallest absolute Gasteiger partial charge is 0.124 e. The summed E-state index contributed by atoms with van der Waals surface area (Å²) >= 11 is 5.99. The molecule has 3 nitrogen and oxygen atoms in total. The van der Waals surface area contributed by atoms with Gasteiger partial charge >= 0.3 is 0 Å². The van der Waals surface area contributed by atoms with Crippen LogP contribution in [0.5, 0.6) is 5.75 Å². The Morgan fingerprint density at radius 2 is 2.06 bits per heavy atom. The Bertz CT molecular complexity index is 357. The second-order valence-corrected chi connectivity index (χ2v) is 4.22. The third-order valence-corrected chi connectivity index (χ3v) is 2.97. The molecule has 0 aliphatic heterocycles. The van der Waals surface area contributed by atoms with Crippen molar-refractivity contribution in [1.82, 2.24) is 0 Å². The third-order valence-electron chi connectivity index (χ3n) is 2.73. The van der Waals surface area contributed by atoms with Gasteiger partial charge in [0.1, 0.15) is 5.75 Å². The topological polar surface area (TPSA) is 44.5 Å². The number of methoxy groups -OCH3 is 2. The Balaban J connectivity index is 3.21. The van der Waals surface area contributed by atoms with Gasteiger partial charge in [-0.2, -0.15) is 0 Å². The minimum absolute atomic E-state index is 0.431. The summed E-state index contributed by atoms with van der Waals surface area (Å²) in [6.07, 6.45) is 0.748. The number of nitrogens with two attached hydrogens (primary N) is 1. The fourth-order valence-electron chi connectivity index (χ4n) is 1.70. The van der Waals surface area contributed by atoms with E-state index in [0.717, 1.165) is 17.7 Å². The van der Waals surface area contributed by atoms with Gasteiger partial charge in [0, 0.05) is 17.7 Å². The molecule has 0 aliphatic carbocycles. The molecule has 0 radical (unpaired) electrons. The highest BCUT2D eigenvalue weighted by Crippen LogP contribution is 2.33. The van der Waals surface area contributed by atoms with Gasteiger partial charge in [0.2, 0.25) is 0 Å². The molecule has 0 aliphatic rings. The van der Waals surface area contributed by atoms with Gasteiger partial charge in [-0.1, -0.05) is 18.5 Å². The minimum Gasteiger partial charge on any atom is -0.496 e. The zero-order chi connectivity index (χ0) is 12.2. The van der Waals surface area contributed by atoms with Crippen molar-refractivity contribution in [3.63, 3.8) is 0 Å². The summed E-state index contributed by atoms with van der Waals surface area (Å²) in [7, 11) is 3.25. The summed E-state index contributed by atoms with van der Waals surface area (Å²) in [5.74, 6) is 0.741. The van der Waals surface area contributed by atoms with Gasteiger partial charge in [-0.05, 0) is 24.6 Å². The van der Waals surface area contributed by atoms with Crippen molar-refractivity contribution in [3.8, 4) is 5.75 Å². The summed E-state index contributed by atoms with van der Waals surface area (Å²) in [6, 6.07) is 5.44. The molecule has 1 aromatic rings. The Morgan fingerprint density at radius 1 is 1.38 bits per heavy atom. The van der Waals surface area contributed by atoms with Crippen LogP contribution in [0.3, 0.4) is 0 Å². The Kier molecular flexibility index (Phi) is 4.59. The number of hydrogen-bond donors (Lipinski definition) is 1. The number of rotatable bonds is 5. The van der Waals surface area contributed by atoms with Crippen LogP contribution in [0.4, 0.5) is 0 Å². The Hall–Kier alpha value is -0.770. The fraction of sp³-hybridized carbons (Fsp3) is 0.500. The highest BCUT2D eigenvalue weighted by Gasteiger charge is 2.28. The molecule has 0 saturated carbocycles. The quantitative estimate of drug-likeness (QED) is 0.865. The third kappa shape index (κ3) is 2.67. The number of ether oxygens (including phenoxy) is 2. The van der Waals surface area contributed by atoms with Crippen LogP contribution in [0.1, 0.15) is 18.9 Å². The van der Waals surface area contributed by atoms with Crippen molar-refractivity contribution in [2.45, 2.75) is 18.9 Å². The van der Waals surface area contributed by atoms with Crippen molar-refractivity contribution in [2.75, 3.05) is 20.8 Å². The molecule has 1 rings (SSSR count). The zero-order valence-electron chi connectivity index (χ0n) is 9.92. The lowest BCUT2D eigenvalue weighted by atomic mass is 9.88. The molecule has 0 saturated heterocycles. The van der Waals surface area contributed by atoms with Crippen molar-refractivity contribution >= 4 is 11.6 Å². The summed E-state index contributed by atoms with van der Waals surface area (Å²) in [4.78, 5) is 0. The molecule has 90 valence electrons. The van der Waals surface area contributed by atoms with E-state index in [-0.39, 0.29) is 0 Å². The average molecular weight is 244 g/mol. The van der Waals surface area contributed by atoms with Gasteiger partial charge in [-0.15, -0.1) is 0 Å². The van der Waals surface area contributed by atoms with Crippen LogP contribution in [0, 0.1) is 0 Å². The van der Waals surface area contributed by atoms with Crippen LogP contribution in [-0.4, -0.2) is 20.8 Å². The van der Waals surface area contributed by atoms with Gasteiger partial charge < -0.3 is 15.2 Å². The molecule has 4 heteroatoms. The standard InChI is InChI=1S/C12H18ClNO2/c1-4-12(14,8-15-2)10-7-9(13)5-6-11(10)16-3/h5-7H,4,8,14H2,1-3H3. The largest absolute Gasteiger partial charge is 0.496 e. The van der Waals surface area contributed by atoms with E-state index in [4.69, 9.17) is 26.8 Å². The Morgan fingerprint density at radius 3 is 2.56 bits per heavy atom. The van der Waals surface area contributed by atoms with Gasteiger partial charge in [0.15, 0.2) is 0 Å². The predicted octanol–water partition coefficient (Wildman–Crippen LogP) is 2.56. The molecule has 0 amide bonds. The first-order valence-corrected chi connectivity index (χ1v) is 5.57. The van der Waals surface area contributed by atoms with Crippen molar-refractivity contribution in [3.05, 3.63) is 28.8 Å². The maximum Gasteiger partial charge on any atom is 0.124 e. The number of halogens is 1. The lowest BCUT2D eigenvalue weighted by Crippen LogP contribution is -2.40. The molecule has 0 aromatic heterocycles. The van der Waals surface area contributed by atoms with Gasteiger partial charge in [0.05, 0.1) is 19.3 Å². The van der Waals surface area contributed by atoms with E-state index in [2.05, 4.69) is 0 Å². The van der Waals surface area contributed by atoms with Crippen LogP contribution in [-0.2, 0) is 10.3 Å². The van der Waals surface area contributed by atoms with Gasteiger partial charge in [-0.25, -0.2) is 0 Å². The summed E-state index contributed by atoms with van der Waals surface area (Å²) in [5.41, 5.74) is 6.63. The van der Waals surface area contributed by atoms with Gasteiger partial charge in [-0.3, -0.25) is 0 Å². The average Bonchev–Trinajstić information content (AvgIpc) is 2.29. The summed E-state index contributed by atoms with van der Waals surface area (Å²) < 4.78 is 10.5. The molecule has 0 heterocycles. The van der Waals surface area contributed by atoms with E-state index in [1.165, 1.54) is 0 Å². The molecule has 0 fully saturated rings. The fourth-order valence-corrected chi connectivity index (χ4v) is 1.87. The maximum absolute atomic E-state index is 6.31. The second kappa shape index (κ2) is 5.53. The molecule has 0 spiro atoms. The molecular weight excluding hydrogens is 226 g/mol. The van der Waals surface area contributed by atoms with Crippen LogP contribution < -0.4 is 10.5 Å². The van der Waals surface area contributed by atoms with Crippen LogP contribution >= 0.6 is 11.6 Å². The first-order chi connectivity index (χ1) is 7.57. The predicted molar refractivity (Wildman–Crippen MR) is 66.0 cm³/mol. The second-order valence-electron chi connectivity index (χ2n) is 3.79. The molecule has 16 heavy (non-hydrogen) atoms. The van der Waals surface area contributed by atoms with E-state index >= 15 is 0 Å². The normalized spacial score (nSPS) is 14.6. The monoisotopic (exact) mass is 243 g/mol. The van der Waals surface area contributed by atoms with Crippen molar-refractivity contribution in [1.29, 1.82) is 0 Å². The molecule has 1 unspecified atom stereocenters. The highest BCUT2D eigenvalue weighted by atomic mass is 35.5. The summed E-state index contributed by atoms with van der Waals surface area (Å²) in [6.45, 7) is 2.44. The summed E-state index contributed by atoms with van der Waals surface area (Å²) in [5, 5.41) is 0.648. The van der Waals surface area contributed by atoms with Crippen LogP contribution in [0.25, 0.3) is 0 Å².